The Morgan fingerprint density at radius 3 is 2.70 bits per heavy atom. The van der Waals surface area contributed by atoms with Crippen LogP contribution in [0.15, 0.2) is 24.3 Å². The van der Waals surface area contributed by atoms with Crippen LogP contribution in [0.5, 0.6) is 0 Å². The summed E-state index contributed by atoms with van der Waals surface area (Å²) in [7, 11) is 1.75. The zero-order valence-corrected chi connectivity index (χ0v) is 12.1. The quantitative estimate of drug-likeness (QED) is 0.899. The lowest BCUT2D eigenvalue weighted by Gasteiger charge is -2.43. The molecule has 0 aliphatic heterocycles. The van der Waals surface area contributed by atoms with Gasteiger partial charge in [0.2, 0.25) is 5.91 Å². The van der Waals surface area contributed by atoms with Crippen molar-refractivity contribution in [3.05, 3.63) is 35.6 Å². The van der Waals surface area contributed by atoms with Gasteiger partial charge in [-0.2, -0.15) is 0 Å². The fourth-order valence-electron chi connectivity index (χ4n) is 2.79. The number of aliphatic hydroxyl groups excluding tert-OH is 1. The number of halogens is 1. The molecule has 1 saturated carbocycles. The Morgan fingerprint density at radius 1 is 1.50 bits per heavy atom. The number of nitrogens with zero attached hydrogens (tertiary/aromatic N) is 1. The molecule has 1 N–H and O–H groups in total. The number of carbonyl (C=O) groups excluding carboxylic acids is 1. The van der Waals surface area contributed by atoms with E-state index in [1.54, 1.807) is 24.9 Å². The summed E-state index contributed by atoms with van der Waals surface area (Å²) in [5.74, 6) is -0.261. The van der Waals surface area contributed by atoms with Gasteiger partial charge in [0.1, 0.15) is 5.82 Å². The van der Waals surface area contributed by atoms with Crippen LogP contribution in [-0.2, 0) is 10.2 Å². The van der Waals surface area contributed by atoms with E-state index in [0.717, 1.165) is 24.8 Å². The maximum atomic E-state index is 13.4. The molecule has 1 unspecified atom stereocenters. The first-order valence-corrected chi connectivity index (χ1v) is 7.15. The highest BCUT2D eigenvalue weighted by Crippen LogP contribution is 2.45. The lowest BCUT2D eigenvalue weighted by molar-refractivity contribution is -0.139. The number of carbonyl (C=O) groups is 1. The van der Waals surface area contributed by atoms with Crippen molar-refractivity contribution < 1.29 is 14.3 Å². The van der Waals surface area contributed by atoms with Crippen LogP contribution in [0.1, 0.15) is 38.2 Å². The van der Waals surface area contributed by atoms with E-state index >= 15 is 0 Å². The molecule has 1 aliphatic carbocycles. The van der Waals surface area contributed by atoms with Crippen LogP contribution in [0.2, 0.25) is 0 Å². The molecule has 2 rings (SSSR count). The molecule has 1 atom stereocenters. The minimum Gasteiger partial charge on any atom is -0.393 e. The predicted molar refractivity (Wildman–Crippen MR) is 75.9 cm³/mol. The van der Waals surface area contributed by atoms with Gasteiger partial charge < -0.3 is 10.0 Å². The summed E-state index contributed by atoms with van der Waals surface area (Å²) in [6.07, 6.45) is 2.67. The van der Waals surface area contributed by atoms with Gasteiger partial charge in [0, 0.05) is 13.6 Å². The van der Waals surface area contributed by atoms with E-state index in [0.29, 0.717) is 13.0 Å². The highest BCUT2D eigenvalue weighted by molar-refractivity contribution is 5.89. The highest BCUT2D eigenvalue weighted by Gasteiger charge is 2.47. The van der Waals surface area contributed by atoms with E-state index < -0.39 is 11.5 Å². The topological polar surface area (TPSA) is 40.5 Å². The van der Waals surface area contributed by atoms with E-state index in [1.165, 1.54) is 12.1 Å². The summed E-state index contributed by atoms with van der Waals surface area (Å²) < 4.78 is 13.4. The first-order chi connectivity index (χ1) is 9.45. The Balaban J connectivity index is 2.16. The van der Waals surface area contributed by atoms with E-state index in [2.05, 4.69) is 0 Å². The number of benzene rings is 1. The summed E-state index contributed by atoms with van der Waals surface area (Å²) in [6, 6.07) is 6.37. The lowest BCUT2D eigenvalue weighted by atomic mass is 9.63. The average Bonchev–Trinajstić information content (AvgIpc) is 2.34. The number of hydrogen-bond donors (Lipinski definition) is 1. The Hall–Kier alpha value is -1.42. The summed E-state index contributed by atoms with van der Waals surface area (Å²) in [5, 5.41) is 9.32. The van der Waals surface area contributed by atoms with Gasteiger partial charge in [-0.15, -0.1) is 0 Å². The van der Waals surface area contributed by atoms with Crippen molar-refractivity contribution >= 4 is 5.91 Å². The maximum Gasteiger partial charge on any atom is 0.232 e. The normalized spacial score (nSPS) is 18.2. The zero-order chi connectivity index (χ0) is 14.8. The molecule has 20 heavy (non-hydrogen) atoms. The second-order valence-corrected chi connectivity index (χ2v) is 5.81. The minimum atomic E-state index is -0.560. The second-order valence-electron chi connectivity index (χ2n) is 5.81. The third-order valence-electron chi connectivity index (χ3n) is 4.22. The van der Waals surface area contributed by atoms with Crippen LogP contribution in [0.25, 0.3) is 0 Å². The second kappa shape index (κ2) is 5.92. The number of rotatable bonds is 5. The van der Waals surface area contributed by atoms with Gasteiger partial charge in [-0.25, -0.2) is 4.39 Å². The molecule has 1 amide bonds. The molecule has 0 bridgehead atoms. The van der Waals surface area contributed by atoms with Crippen LogP contribution in [-0.4, -0.2) is 35.6 Å². The SMILES string of the molecule is CC(O)CCN(C)C(=O)C1(c2cccc(F)c2)CCC1. The van der Waals surface area contributed by atoms with Crippen LogP contribution in [0.3, 0.4) is 0 Å². The summed E-state index contributed by atoms with van der Waals surface area (Å²) in [6.45, 7) is 2.23. The van der Waals surface area contributed by atoms with Crippen molar-refractivity contribution in [2.24, 2.45) is 0 Å². The molecule has 1 aliphatic rings. The Labute approximate surface area is 119 Å². The van der Waals surface area contributed by atoms with Gasteiger partial charge in [0.15, 0.2) is 0 Å². The third kappa shape index (κ3) is 2.85. The molecule has 0 heterocycles. The van der Waals surface area contributed by atoms with Crippen LogP contribution in [0, 0.1) is 5.82 Å². The molecule has 0 aromatic heterocycles. The van der Waals surface area contributed by atoms with Gasteiger partial charge in [-0.05, 0) is 43.9 Å². The first kappa shape index (κ1) is 15.0. The monoisotopic (exact) mass is 279 g/mol. The smallest absolute Gasteiger partial charge is 0.232 e. The fourth-order valence-corrected chi connectivity index (χ4v) is 2.79. The molecule has 0 saturated heterocycles. The summed E-state index contributed by atoms with van der Waals surface area (Å²) in [4.78, 5) is 14.4. The fraction of sp³-hybridized carbons (Fsp3) is 0.562. The molecule has 1 aromatic rings. The van der Waals surface area contributed by atoms with Crippen molar-refractivity contribution in [2.45, 2.75) is 44.1 Å². The van der Waals surface area contributed by atoms with Crippen LogP contribution >= 0.6 is 0 Å². The van der Waals surface area contributed by atoms with Gasteiger partial charge in [0.25, 0.3) is 0 Å². The standard InChI is InChI=1S/C16H22FNO2/c1-12(19)7-10-18(2)15(20)16(8-4-9-16)13-5-3-6-14(17)11-13/h3,5-6,11-12,19H,4,7-10H2,1-2H3. The molecular weight excluding hydrogens is 257 g/mol. The third-order valence-corrected chi connectivity index (χ3v) is 4.22. The van der Waals surface area contributed by atoms with E-state index in [4.69, 9.17) is 0 Å². The Bertz CT molecular complexity index is 483. The molecule has 4 heteroatoms. The number of amides is 1. The van der Waals surface area contributed by atoms with Gasteiger partial charge in [-0.1, -0.05) is 18.6 Å². The molecule has 0 spiro atoms. The van der Waals surface area contributed by atoms with Crippen molar-refractivity contribution in [1.29, 1.82) is 0 Å². The predicted octanol–water partition coefficient (Wildman–Crippen LogP) is 2.48. The maximum absolute atomic E-state index is 13.4. The van der Waals surface area contributed by atoms with E-state index in [-0.39, 0.29) is 11.7 Å². The Morgan fingerprint density at radius 2 is 2.20 bits per heavy atom. The van der Waals surface area contributed by atoms with E-state index in [9.17, 15) is 14.3 Å². The van der Waals surface area contributed by atoms with Crippen molar-refractivity contribution in [3.63, 3.8) is 0 Å². The van der Waals surface area contributed by atoms with Crippen molar-refractivity contribution in [2.75, 3.05) is 13.6 Å². The van der Waals surface area contributed by atoms with E-state index in [1.807, 2.05) is 6.07 Å². The highest BCUT2D eigenvalue weighted by atomic mass is 19.1. The lowest BCUT2D eigenvalue weighted by Crippen LogP contribution is -2.50. The molecule has 3 nitrogen and oxygen atoms in total. The molecule has 1 fully saturated rings. The van der Waals surface area contributed by atoms with Gasteiger partial charge in [-0.3, -0.25) is 4.79 Å². The summed E-state index contributed by atoms with van der Waals surface area (Å²) >= 11 is 0. The molecule has 1 aromatic carbocycles. The van der Waals surface area contributed by atoms with Crippen LogP contribution in [0.4, 0.5) is 4.39 Å². The minimum absolute atomic E-state index is 0.0370. The number of aliphatic hydroxyl groups is 1. The van der Waals surface area contributed by atoms with Gasteiger partial charge >= 0.3 is 0 Å². The van der Waals surface area contributed by atoms with Gasteiger partial charge in [0.05, 0.1) is 11.5 Å². The number of likely N-dealkylation sites (N-methyl/N-ethyl adjacent to an activating group) is 1. The molecule has 0 radical (unpaired) electrons. The Kier molecular flexibility index (Phi) is 4.43. The average molecular weight is 279 g/mol. The molecular formula is C16H22FNO2. The number of hydrogen-bond acceptors (Lipinski definition) is 2. The zero-order valence-electron chi connectivity index (χ0n) is 12.1. The van der Waals surface area contributed by atoms with Crippen molar-refractivity contribution in [1.82, 2.24) is 4.90 Å². The first-order valence-electron chi connectivity index (χ1n) is 7.15. The molecule has 110 valence electrons. The summed E-state index contributed by atoms with van der Waals surface area (Å²) in [5.41, 5.74) is 0.216. The largest absolute Gasteiger partial charge is 0.393 e. The van der Waals surface area contributed by atoms with Crippen LogP contribution < -0.4 is 0 Å². The van der Waals surface area contributed by atoms with Crippen molar-refractivity contribution in [3.8, 4) is 0 Å².